The molecular formula is C17H27N3. The molecule has 0 spiro atoms. The minimum absolute atomic E-state index is 0.709. The molecule has 3 heteroatoms. The zero-order chi connectivity index (χ0) is 13.9. The second-order valence-electron chi connectivity index (χ2n) is 6.45. The predicted octanol–water partition coefficient (Wildman–Crippen LogP) is 2.12. The fraction of sp³-hybridized carbons (Fsp3) is 0.647. The molecule has 0 radical (unpaired) electrons. The SMILES string of the molecule is Cc1cccc(N2CCN(CC3NCCC3C)CC2)c1. The molecule has 1 N–H and O–H groups in total. The van der Waals surface area contributed by atoms with Crippen molar-refractivity contribution in [2.24, 2.45) is 5.92 Å². The van der Waals surface area contributed by atoms with Gasteiger partial charge in [-0.15, -0.1) is 0 Å². The maximum absolute atomic E-state index is 3.65. The van der Waals surface area contributed by atoms with Crippen LogP contribution in [0.4, 0.5) is 5.69 Å². The smallest absolute Gasteiger partial charge is 0.0369 e. The van der Waals surface area contributed by atoms with Gasteiger partial charge < -0.3 is 10.2 Å². The van der Waals surface area contributed by atoms with Crippen LogP contribution in [0.15, 0.2) is 24.3 Å². The molecular weight excluding hydrogens is 246 g/mol. The molecule has 2 heterocycles. The summed E-state index contributed by atoms with van der Waals surface area (Å²) in [5.41, 5.74) is 2.74. The summed E-state index contributed by atoms with van der Waals surface area (Å²) in [6.45, 7) is 11.7. The van der Waals surface area contributed by atoms with Crippen LogP contribution in [-0.2, 0) is 0 Å². The molecule has 1 aromatic rings. The van der Waals surface area contributed by atoms with Crippen LogP contribution in [0.2, 0.25) is 0 Å². The fourth-order valence-corrected chi connectivity index (χ4v) is 3.43. The number of aryl methyl sites for hydroxylation is 1. The van der Waals surface area contributed by atoms with Gasteiger partial charge in [0.25, 0.3) is 0 Å². The van der Waals surface area contributed by atoms with Gasteiger partial charge in [-0.25, -0.2) is 0 Å². The van der Waals surface area contributed by atoms with Crippen LogP contribution in [0, 0.1) is 12.8 Å². The molecule has 1 aromatic carbocycles. The van der Waals surface area contributed by atoms with Crippen LogP contribution in [0.1, 0.15) is 18.9 Å². The Morgan fingerprint density at radius 1 is 1.20 bits per heavy atom. The van der Waals surface area contributed by atoms with Gasteiger partial charge in [-0.2, -0.15) is 0 Å². The topological polar surface area (TPSA) is 18.5 Å². The maximum Gasteiger partial charge on any atom is 0.0369 e. The summed E-state index contributed by atoms with van der Waals surface area (Å²) in [4.78, 5) is 5.15. The third-order valence-corrected chi connectivity index (χ3v) is 4.89. The summed E-state index contributed by atoms with van der Waals surface area (Å²) in [6.07, 6.45) is 1.34. The molecule has 0 bridgehead atoms. The number of benzene rings is 1. The van der Waals surface area contributed by atoms with E-state index in [-0.39, 0.29) is 0 Å². The third-order valence-electron chi connectivity index (χ3n) is 4.89. The Hall–Kier alpha value is -1.06. The Labute approximate surface area is 123 Å². The van der Waals surface area contributed by atoms with Gasteiger partial charge in [-0.05, 0) is 43.5 Å². The lowest BCUT2D eigenvalue weighted by Crippen LogP contribution is -2.50. The van der Waals surface area contributed by atoms with Gasteiger partial charge in [-0.3, -0.25) is 4.90 Å². The van der Waals surface area contributed by atoms with Crippen LogP contribution < -0.4 is 10.2 Å². The molecule has 110 valence electrons. The first kappa shape index (κ1) is 13.9. The van der Waals surface area contributed by atoms with Gasteiger partial charge in [0, 0.05) is 44.5 Å². The van der Waals surface area contributed by atoms with E-state index in [9.17, 15) is 0 Å². The van der Waals surface area contributed by atoms with Gasteiger partial charge in [-0.1, -0.05) is 19.1 Å². The summed E-state index contributed by atoms with van der Waals surface area (Å²) in [7, 11) is 0. The lowest BCUT2D eigenvalue weighted by atomic mass is 10.0. The lowest BCUT2D eigenvalue weighted by Gasteiger charge is -2.37. The Kier molecular flexibility index (Phi) is 4.27. The second-order valence-corrected chi connectivity index (χ2v) is 6.45. The highest BCUT2D eigenvalue weighted by molar-refractivity contribution is 5.48. The molecule has 2 unspecified atom stereocenters. The number of anilines is 1. The van der Waals surface area contributed by atoms with Crippen molar-refractivity contribution in [3.8, 4) is 0 Å². The number of piperazine rings is 1. The van der Waals surface area contributed by atoms with E-state index < -0.39 is 0 Å². The molecule has 0 amide bonds. The highest BCUT2D eigenvalue weighted by Gasteiger charge is 2.26. The number of hydrogen-bond acceptors (Lipinski definition) is 3. The van der Waals surface area contributed by atoms with E-state index in [4.69, 9.17) is 0 Å². The molecule has 2 aliphatic rings. The Morgan fingerprint density at radius 2 is 2.00 bits per heavy atom. The zero-order valence-corrected chi connectivity index (χ0v) is 12.8. The van der Waals surface area contributed by atoms with Crippen molar-refractivity contribution in [2.75, 3.05) is 44.2 Å². The molecule has 2 saturated heterocycles. The average Bonchev–Trinajstić information content (AvgIpc) is 2.85. The monoisotopic (exact) mass is 273 g/mol. The first-order valence-electron chi connectivity index (χ1n) is 8.00. The van der Waals surface area contributed by atoms with Crippen LogP contribution in [0.5, 0.6) is 0 Å². The van der Waals surface area contributed by atoms with E-state index in [2.05, 4.69) is 53.2 Å². The third kappa shape index (κ3) is 3.15. The van der Waals surface area contributed by atoms with Crippen LogP contribution in [-0.4, -0.2) is 50.2 Å². The largest absolute Gasteiger partial charge is 0.369 e. The Balaban J connectivity index is 1.52. The summed E-state index contributed by atoms with van der Waals surface area (Å²) in [5, 5.41) is 3.65. The fourth-order valence-electron chi connectivity index (χ4n) is 3.43. The summed E-state index contributed by atoms with van der Waals surface area (Å²) >= 11 is 0. The van der Waals surface area contributed by atoms with E-state index in [0.717, 1.165) is 19.0 Å². The number of nitrogens with zero attached hydrogens (tertiary/aromatic N) is 2. The zero-order valence-electron chi connectivity index (χ0n) is 12.8. The predicted molar refractivity (Wildman–Crippen MR) is 85.4 cm³/mol. The van der Waals surface area contributed by atoms with Crippen LogP contribution >= 0.6 is 0 Å². The van der Waals surface area contributed by atoms with Crippen molar-refractivity contribution in [2.45, 2.75) is 26.3 Å². The standard InChI is InChI=1S/C17H27N3/c1-14-4-3-5-16(12-14)20-10-8-19(9-11-20)13-17-15(2)6-7-18-17/h3-5,12,15,17-18H,6-11,13H2,1-2H3. The van der Waals surface area contributed by atoms with Crippen molar-refractivity contribution >= 4 is 5.69 Å². The van der Waals surface area contributed by atoms with Crippen LogP contribution in [0.3, 0.4) is 0 Å². The van der Waals surface area contributed by atoms with Gasteiger partial charge in [0.2, 0.25) is 0 Å². The highest BCUT2D eigenvalue weighted by atomic mass is 15.3. The molecule has 3 rings (SSSR count). The minimum Gasteiger partial charge on any atom is -0.369 e. The normalized spacial score (nSPS) is 28.0. The molecule has 0 aliphatic carbocycles. The highest BCUT2D eigenvalue weighted by Crippen LogP contribution is 2.19. The summed E-state index contributed by atoms with van der Waals surface area (Å²) < 4.78 is 0. The molecule has 2 aliphatic heterocycles. The Morgan fingerprint density at radius 3 is 2.65 bits per heavy atom. The average molecular weight is 273 g/mol. The minimum atomic E-state index is 0.709. The van der Waals surface area contributed by atoms with Gasteiger partial charge >= 0.3 is 0 Å². The first-order valence-corrected chi connectivity index (χ1v) is 8.00. The summed E-state index contributed by atoms with van der Waals surface area (Å²) in [5.74, 6) is 0.838. The van der Waals surface area contributed by atoms with Crippen molar-refractivity contribution < 1.29 is 0 Å². The maximum atomic E-state index is 3.65. The van der Waals surface area contributed by atoms with E-state index in [1.54, 1.807) is 0 Å². The molecule has 3 nitrogen and oxygen atoms in total. The number of nitrogens with one attached hydrogen (secondary N) is 1. The molecule has 20 heavy (non-hydrogen) atoms. The van der Waals surface area contributed by atoms with E-state index in [0.29, 0.717) is 6.04 Å². The number of rotatable bonds is 3. The molecule has 0 aromatic heterocycles. The van der Waals surface area contributed by atoms with Crippen molar-refractivity contribution in [1.29, 1.82) is 0 Å². The second kappa shape index (κ2) is 6.15. The van der Waals surface area contributed by atoms with E-state index in [1.807, 2.05) is 0 Å². The van der Waals surface area contributed by atoms with Gasteiger partial charge in [0.15, 0.2) is 0 Å². The van der Waals surface area contributed by atoms with Gasteiger partial charge in [0.05, 0.1) is 0 Å². The lowest BCUT2D eigenvalue weighted by molar-refractivity contribution is 0.222. The van der Waals surface area contributed by atoms with Crippen LogP contribution in [0.25, 0.3) is 0 Å². The Bertz CT molecular complexity index is 438. The number of hydrogen-bond donors (Lipinski definition) is 1. The molecule has 2 atom stereocenters. The summed E-state index contributed by atoms with van der Waals surface area (Å²) in [6, 6.07) is 9.59. The van der Waals surface area contributed by atoms with E-state index in [1.165, 1.54) is 43.9 Å². The van der Waals surface area contributed by atoms with Crippen molar-refractivity contribution in [1.82, 2.24) is 10.2 Å². The molecule has 0 saturated carbocycles. The first-order chi connectivity index (χ1) is 9.72. The van der Waals surface area contributed by atoms with Gasteiger partial charge in [0.1, 0.15) is 0 Å². The van der Waals surface area contributed by atoms with E-state index >= 15 is 0 Å². The molecule has 2 fully saturated rings. The van der Waals surface area contributed by atoms with Crippen molar-refractivity contribution in [3.63, 3.8) is 0 Å². The van der Waals surface area contributed by atoms with Crippen molar-refractivity contribution in [3.05, 3.63) is 29.8 Å². The quantitative estimate of drug-likeness (QED) is 0.910.